The largest absolute Gasteiger partial charge is 0.463 e. The maximum atomic E-state index is 14.5. The number of thiocarbonyl (C=S) groups is 1. The molecule has 0 bridgehead atoms. The molecule has 2 aromatic rings. The predicted octanol–water partition coefficient (Wildman–Crippen LogP) is 3.60. The molecule has 3 rings (SSSR count). The van der Waals surface area contributed by atoms with Crippen molar-refractivity contribution in [2.45, 2.75) is 32.9 Å². The number of aryl methyl sites for hydroxylation is 1. The third-order valence-corrected chi connectivity index (χ3v) is 5.22. The highest BCUT2D eigenvalue weighted by Crippen LogP contribution is 2.37. The van der Waals surface area contributed by atoms with E-state index in [9.17, 15) is 14.0 Å². The maximum Gasteiger partial charge on any atom is 0.293 e. The van der Waals surface area contributed by atoms with Gasteiger partial charge in [0.15, 0.2) is 5.11 Å². The molecule has 0 aromatic heterocycles. The molecule has 0 radical (unpaired) electrons. The first kappa shape index (κ1) is 20.4. The Kier molecular flexibility index (Phi) is 5.36. The molecule has 0 unspecified atom stereocenters. The van der Waals surface area contributed by atoms with Gasteiger partial charge < -0.3 is 9.64 Å². The van der Waals surface area contributed by atoms with Crippen molar-refractivity contribution in [2.24, 2.45) is 0 Å². The fraction of sp³-hybridized carbons (Fsp3) is 0.238. The van der Waals surface area contributed by atoms with Crippen molar-refractivity contribution in [2.75, 3.05) is 9.80 Å². The number of nitriles is 1. The van der Waals surface area contributed by atoms with Crippen LogP contribution in [0, 0.1) is 24.1 Å². The molecule has 1 amide bonds. The van der Waals surface area contributed by atoms with Gasteiger partial charge in [-0.2, -0.15) is 5.26 Å². The third-order valence-electron chi connectivity index (χ3n) is 4.86. The molecular weight excluding hydrogens is 393 g/mol. The van der Waals surface area contributed by atoms with E-state index < -0.39 is 11.4 Å². The molecule has 8 heteroatoms. The van der Waals surface area contributed by atoms with Crippen LogP contribution in [0.15, 0.2) is 36.4 Å². The zero-order valence-corrected chi connectivity index (χ0v) is 16.9. The summed E-state index contributed by atoms with van der Waals surface area (Å²) in [6, 6.07) is 11.5. The Morgan fingerprint density at radius 1 is 1.24 bits per heavy atom. The normalized spacial score (nSPS) is 15.4. The van der Waals surface area contributed by atoms with Crippen LogP contribution in [0.5, 0.6) is 0 Å². The number of nitrogens with zero attached hydrogens (tertiary/aromatic N) is 3. The third kappa shape index (κ3) is 3.45. The van der Waals surface area contributed by atoms with Crippen molar-refractivity contribution >= 4 is 41.1 Å². The molecular formula is C21H18FN3O3S. The quantitative estimate of drug-likeness (QED) is 0.553. The van der Waals surface area contributed by atoms with Crippen LogP contribution in [-0.4, -0.2) is 23.0 Å². The van der Waals surface area contributed by atoms with E-state index in [0.29, 0.717) is 16.9 Å². The smallest absolute Gasteiger partial charge is 0.293 e. The van der Waals surface area contributed by atoms with Crippen molar-refractivity contribution < 1.29 is 18.7 Å². The van der Waals surface area contributed by atoms with Gasteiger partial charge in [-0.3, -0.25) is 14.5 Å². The van der Waals surface area contributed by atoms with E-state index >= 15 is 0 Å². The second-order valence-electron chi connectivity index (χ2n) is 7.11. The van der Waals surface area contributed by atoms with E-state index in [1.165, 1.54) is 17.0 Å². The summed E-state index contributed by atoms with van der Waals surface area (Å²) in [7, 11) is 0. The summed E-state index contributed by atoms with van der Waals surface area (Å²) >= 11 is 5.58. The average molecular weight is 411 g/mol. The highest BCUT2D eigenvalue weighted by molar-refractivity contribution is 7.81. The lowest BCUT2D eigenvalue weighted by molar-refractivity contribution is -0.129. The fourth-order valence-electron chi connectivity index (χ4n) is 3.28. The fourth-order valence-corrected chi connectivity index (χ4v) is 3.81. The minimum absolute atomic E-state index is 0.182. The number of hydrogen-bond acceptors (Lipinski definition) is 5. The maximum absolute atomic E-state index is 14.5. The van der Waals surface area contributed by atoms with E-state index in [4.69, 9.17) is 17.5 Å². The number of halogens is 1. The summed E-state index contributed by atoms with van der Waals surface area (Å²) in [5.74, 6) is -0.830. The van der Waals surface area contributed by atoms with Gasteiger partial charge in [0.05, 0.1) is 17.3 Å². The number of ether oxygens (including phenoxy) is 1. The highest BCUT2D eigenvalue weighted by atomic mass is 32.1. The molecule has 148 valence electrons. The van der Waals surface area contributed by atoms with Gasteiger partial charge in [-0.1, -0.05) is 6.07 Å². The Balaban J connectivity index is 2.01. The summed E-state index contributed by atoms with van der Waals surface area (Å²) in [4.78, 5) is 26.5. The van der Waals surface area contributed by atoms with Gasteiger partial charge in [-0.15, -0.1) is 0 Å². The Morgan fingerprint density at radius 2 is 1.93 bits per heavy atom. The van der Waals surface area contributed by atoms with Crippen LogP contribution >= 0.6 is 12.2 Å². The van der Waals surface area contributed by atoms with Gasteiger partial charge in [0, 0.05) is 11.3 Å². The topological polar surface area (TPSA) is 73.6 Å². The second-order valence-corrected chi connectivity index (χ2v) is 7.48. The van der Waals surface area contributed by atoms with E-state index in [-0.39, 0.29) is 29.7 Å². The average Bonchev–Trinajstić information content (AvgIpc) is 2.85. The van der Waals surface area contributed by atoms with Crippen LogP contribution in [0.1, 0.15) is 30.5 Å². The first-order chi connectivity index (χ1) is 13.7. The Bertz CT molecular complexity index is 1060. The van der Waals surface area contributed by atoms with E-state index in [1.54, 1.807) is 49.9 Å². The zero-order chi connectivity index (χ0) is 21.3. The van der Waals surface area contributed by atoms with Gasteiger partial charge in [0.25, 0.3) is 12.4 Å². The molecule has 1 saturated heterocycles. The number of hydrogen-bond donors (Lipinski definition) is 0. The van der Waals surface area contributed by atoms with Crippen LogP contribution in [0.25, 0.3) is 0 Å². The first-order valence-electron chi connectivity index (χ1n) is 8.75. The van der Waals surface area contributed by atoms with E-state index in [1.807, 2.05) is 0 Å². The van der Waals surface area contributed by atoms with Gasteiger partial charge >= 0.3 is 0 Å². The molecule has 0 aliphatic carbocycles. The Hall–Kier alpha value is -3.31. The zero-order valence-electron chi connectivity index (χ0n) is 16.1. The molecule has 1 aliphatic rings. The van der Waals surface area contributed by atoms with Crippen LogP contribution in [-0.2, 0) is 20.9 Å². The van der Waals surface area contributed by atoms with Crippen molar-refractivity contribution in [1.29, 1.82) is 5.26 Å². The van der Waals surface area contributed by atoms with Gasteiger partial charge in [-0.25, -0.2) is 4.39 Å². The number of amides is 1. The molecule has 1 aliphatic heterocycles. The lowest BCUT2D eigenvalue weighted by Crippen LogP contribution is -2.44. The monoisotopic (exact) mass is 411 g/mol. The SMILES string of the molecule is Cc1cc(N2C(=O)C(C)(C)N(c3ccc(COC=O)c(F)c3)C2=S)ccc1C#N. The van der Waals surface area contributed by atoms with Crippen LogP contribution in [0.2, 0.25) is 0 Å². The molecule has 1 fully saturated rings. The Morgan fingerprint density at radius 3 is 2.52 bits per heavy atom. The Labute approximate surface area is 173 Å². The molecule has 2 aromatic carbocycles. The van der Waals surface area contributed by atoms with Crippen molar-refractivity contribution in [1.82, 2.24) is 0 Å². The van der Waals surface area contributed by atoms with Crippen molar-refractivity contribution in [3.05, 3.63) is 58.9 Å². The predicted molar refractivity (Wildman–Crippen MR) is 110 cm³/mol. The number of anilines is 2. The molecule has 0 atom stereocenters. The summed E-state index contributed by atoms with van der Waals surface area (Å²) in [5, 5.41) is 9.34. The number of carbonyl (C=O) groups is 2. The standard InChI is InChI=1S/C21H18FN3O3S/c1-13-8-16(6-4-14(13)10-23)24-19(27)21(2,3)25(20(24)29)17-7-5-15(11-28-12-26)18(22)9-17/h4-9,12H,11H2,1-3H3. The van der Waals surface area contributed by atoms with Gasteiger partial charge in [-0.05, 0) is 68.9 Å². The summed E-state index contributed by atoms with van der Waals surface area (Å²) in [5.41, 5.74) is 1.36. The summed E-state index contributed by atoms with van der Waals surface area (Å²) < 4.78 is 19.1. The number of benzene rings is 2. The van der Waals surface area contributed by atoms with Gasteiger partial charge in [0.1, 0.15) is 18.0 Å². The summed E-state index contributed by atoms with van der Waals surface area (Å²) in [6.45, 7) is 5.27. The molecule has 29 heavy (non-hydrogen) atoms. The highest BCUT2D eigenvalue weighted by Gasteiger charge is 2.50. The molecule has 0 saturated carbocycles. The lowest BCUT2D eigenvalue weighted by atomic mass is 10.0. The first-order valence-corrected chi connectivity index (χ1v) is 9.16. The summed E-state index contributed by atoms with van der Waals surface area (Å²) in [6.07, 6.45) is 0. The number of rotatable bonds is 5. The van der Waals surface area contributed by atoms with E-state index in [2.05, 4.69) is 10.8 Å². The molecule has 0 spiro atoms. The second kappa shape index (κ2) is 7.60. The van der Waals surface area contributed by atoms with Crippen LogP contribution in [0.3, 0.4) is 0 Å². The van der Waals surface area contributed by atoms with Crippen LogP contribution in [0.4, 0.5) is 15.8 Å². The van der Waals surface area contributed by atoms with Crippen molar-refractivity contribution in [3.63, 3.8) is 0 Å². The minimum atomic E-state index is -1.05. The minimum Gasteiger partial charge on any atom is -0.463 e. The lowest BCUT2D eigenvalue weighted by Gasteiger charge is -2.29. The van der Waals surface area contributed by atoms with Crippen molar-refractivity contribution in [3.8, 4) is 6.07 Å². The number of carbonyl (C=O) groups excluding carboxylic acids is 2. The molecule has 1 heterocycles. The molecule has 6 nitrogen and oxygen atoms in total. The van der Waals surface area contributed by atoms with Crippen LogP contribution < -0.4 is 9.80 Å². The molecule has 0 N–H and O–H groups in total. The van der Waals surface area contributed by atoms with Gasteiger partial charge in [0.2, 0.25) is 0 Å². The van der Waals surface area contributed by atoms with E-state index in [0.717, 1.165) is 5.56 Å².